The second-order valence-electron chi connectivity index (χ2n) is 2.97. The van der Waals surface area contributed by atoms with Gasteiger partial charge in [0.05, 0.1) is 5.92 Å². The molecule has 1 unspecified atom stereocenters. The molecule has 0 saturated carbocycles. The molecule has 0 fully saturated rings. The van der Waals surface area contributed by atoms with Crippen molar-refractivity contribution >= 4 is 5.97 Å². The van der Waals surface area contributed by atoms with Gasteiger partial charge in [0.25, 0.3) is 0 Å². The lowest BCUT2D eigenvalue weighted by Gasteiger charge is -2.18. The second-order valence-corrected chi connectivity index (χ2v) is 2.97. The van der Waals surface area contributed by atoms with Crippen LogP contribution in [0.1, 0.15) is 12.2 Å². The molecule has 0 saturated heterocycles. The molecule has 5 heteroatoms. The second kappa shape index (κ2) is 2.58. The van der Waals surface area contributed by atoms with Crippen molar-refractivity contribution in [2.24, 2.45) is 5.92 Å². The minimum absolute atomic E-state index is 0.276. The minimum Gasteiger partial charge on any atom is -0.481 e. The first-order valence-corrected chi connectivity index (χ1v) is 3.87. The van der Waals surface area contributed by atoms with Crippen LogP contribution in [-0.4, -0.2) is 25.8 Å². The van der Waals surface area contributed by atoms with Gasteiger partial charge in [-0.05, 0) is 6.42 Å². The molecule has 0 aromatic carbocycles. The molecule has 1 aliphatic rings. The molecule has 64 valence electrons. The topological polar surface area (TPSA) is 68.0 Å². The molecule has 1 N–H and O–H groups in total. The number of aliphatic carboxylic acids is 1. The summed E-state index contributed by atoms with van der Waals surface area (Å²) in [7, 11) is 0. The Morgan fingerprint density at radius 2 is 2.58 bits per heavy atom. The van der Waals surface area contributed by atoms with Gasteiger partial charge in [-0.2, -0.15) is 0 Å². The summed E-state index contributed by atoms with van der Waals surface area (Å²) in [6.07, 6.45) is 2.84. The van der Waals surface area contributed by atoms with E-state index in [0.29, 0.717) is 12.8 Å². The number of aromatic nitrogens is 3. The lowest BCUT2D eigenvalue weighted by atomic mass is 9.98. The quantitative estimate of drug-likeness (QED) is 0.635. The third-order valence-corrected chi connectivity index (χ3v) is 2.19. The predicted molar refractivity (Wildman–Crippen MR) is 39.5 cm³/mol. The van der Waals surface area contributed by atoms with E-state index in [2.05, 4.69) is 10.2 Å². The lowest BCUT2D eigenvalue weighted by Crippen LogP contribution is -2.25. The van der Waals surface area contributed by atoms with Crippen LogP contribution in [0.2, 0.25) is 0 Å². The molecule has 1 atom stereocenters. The molecule has 2 rings (SSSR count). The van der Waals surface area contributed by atoms with E-state index in [1.54, 1.807) is 6.33 Å². The lowest BCUT2D eigenvalue weighted by molar-refractivity contribution is -0.142. The van der Waals surface area contributed by atoms with Crippen LogP contribution >= 0.6 is 0 Å². The molecular formula is C7H9N3O2. The molecule has 5 nitrogen and oxygen atoms in total. The SMILES string of the molecule is O=C(O)C1CCn2cnnc2C1. The number of hydrogen-bond donors (Lipinski definition) is 1. The summed E-state index contributed by atoms with van der Waals surface area (Å²) in [5.74, 6) is -0.223. The summed E-state index contributed by atoms with van der Waals surface area (Å²) in [6.45, 7) is 0.722. The zero-order valence-corrected chi connectivity index (χ0v) is 6.47. The number of carboxylic acid groups (broad SMARTS) is 1. The van der Waals surface area contributed by atoms with E-state index in [1.807, 2.05) is 4.57 Å². The van der Waals surface area contributed by atoms with Gasteiger partial charge in [-0.25, -0.2) is 0 Å². The van der Waals surface area contributed by atoms with Crippen LogP contribution in [0.5, 0.6) is 0 Å². The largest absolute Gasteiger partial charge is 0.481 e. The van der Waals surface area contributed by atoms with E-state index in [0.717, 1.165) is 12.4 Å². The van der Waals surface area contributed by atoms with E-state index < -0.39 is 5.97 Å². The van der Waals surface area contributed by atoms with Crippen LogP contribution in [0, 0.1) is 5.92 Å². The number of nitrogens with zero attached hydrogens (tertiary/aromatic N) is 3. The van der Waals surface area contributed by atoms with Crippen LogP contribution in [0.15, 0.2) is 6.33 Å². The Labute approximate surface area is 69.0 Å². The standard InChI is InChI=1S/C7H9N3O2/c11-7(12)5-1-2-10-4-8-9-6(10)3-5/h4-5H,1-3H2,(H,11,12). The average molecular weight is 167 g/mol. The minimum atomic E-state index is -0.732. The summed E-state index contributed by atoms with van der Waals surface area (Å²) < 4.78 is 1.90. The average Bonchev–Trinajstić information content (AvgIpc) is 2.49. The third-order valence-electron chi connectivity index (χ3n) is 2.19. The highest BCUT2D eigenvalue weighted by molar-refractivity contribution is 5.70. The van der Waals surface area contributed by atoms with Crippen molar-refractivity contribution in [2.75, 3.05) is 0 Å². The third kappa shape index (κ3) is 1.07. The number of rotatable bonds is 1. The van der Waals surface area contributed by atoms with Crippen LogP contribution in [0.25, 0.3) is 0 Å². The van der Waals surface area contributed by atoms with Crippen molar-refractivity contribution in [3.05, 3.63) is 12.2 Å². The fourth-order valence-electron chi connectivity index (χ4n) is 1.45. The summed E-state index contributed by atoms with van der Waals surface area (Å²) in [6, 6.07) is 0. The van der Waals surface area contributed by atoms with Gasteiger partial charge in [-0.3, -0.25) is 4.79 Å². The highest BCUT2D eigenvalue weighted by Gasteiger charge is 2.24. The van der Waals surface area contributed by atoms with E-state index in [-0.39, 0.29) is 5.92 Å². The number of carboxylic acids is 1. The zero-order chi connectivity index (χ0) is 8.55. The number of carbonyl (C=O) groups is 1. The summed E-state index contributed by atoms with van der Waals surface area (Å²) in [5.41, 5.74) is 0. The normalized spacial score (nSPS) is 21.8. The maximum absolute atomic E-state index is 10.6. The summed E-state index contributed by atoms with van der Waals surface area (Å²) >= 11 is 0. The number of hydrogen-bond acceptors (Lipinski definition) is 3. The predicted octanol–water partition coefficient (Wildman–Crippen LogP) is -0.0749. The van der Waals surface area contributed by atoms with Gasteiger partial charge < -0.3 is 9.67 Å². The van der Waals surface area contributed by atoms with Crippen LogP contribution in [0.4, 0.5) is 0 Å². The fraction of sp³-hybridized carbons (Fsp3) is 0.571. The molecule has 1 aromatic heterocycles. The van der Waals surface area contributed by atoms with Crippen molar-refractivity contribution in [1.82, 2.24) is 14.8 Å². The Hall–Kier alpha value is -1.39. The van der Waals surface area contributed by atoms with Crippen LogP contribution < -0.4 is 0 Å². The van der Waals surface area contributed by atoms with Crippen molar-refractivity contribution in [3.8, 4) is 0 Å². The van der Waals surface area contributed by atoms with Gasteiger partial charge in [0, 0.05) is 13.0 Å². The molecule has 1 aromatic rings. The zero-order valence-electron chi connectivity index (χ0n) is 6.47. The Kier molecular flexibility index (Phi) is 1.56. The summed E-state index contributed by atoms with van der Waals surface area (Å²) in [5, 5.41) is 16.3. The van der Waals surface area contributed by atoms with Gasteiger partial charge >= 0.3 is 5.97 Å². The Morgan fingerprint density at radius 1 is 1.75 bits per heavy atom. The first-order valence-electron chi connectivity index (χ1n) is 3.87. The molecule has 0 amide bonds. The van der Waals surface area contributed by atoms with Crippen LogP contribution in [0.3, 0.4) is 0 Å². The van der Waals surface area contributed by atoms with Crippen molar-refractivity contribution in [1.29, 1.82) is 0 Å². The molecular weight excluding hydrogens is 158 g/mol. The molecule has 0 bridgehead atoms. The van der Waals surface area contributed by atoms with Crippen molar-refractivity contribution in [2.45, 2.75) is 19.4 Å². The van der Waals surface area contributed by atoms with E-state index in [4.69, 9.17) is 5.11 Å². The smallest absolute Gasteiger partial charge is 0.307 e. The van der Waals surface area contributed by atoms with Crippen molar-refractivity contribution in [3.63, 3.8) is 0 Å². The Bertz CT molecular complexity index is 307. The maximum Gasteiger partial charge on any atom is 0.307 e. The van der Waals surface area contributed by atoms with Crippen LogP contribution in [-0.2, 0) is 17.8 Å². The monoisotopic (exact) mass is 167 g/mol. The highest BCUT2D eigenvalue weighted by Crippen LogP contribution is 2.17. The molecule has 12 heavy (non-hydrogen) atoms. The van der Waals surface area contributed by atoms with Gasteiger partial charge in [0.1, 0.15) is 12.2 Å². The molecule has 0 spiro atoms. The first-order chi connectivity index (χ1) is 5.77. The van der Waals surface area contributed by atoms with E-state index >= 15 is 0 Å². The first kappa shape index (κ1) is 7.27. The summed E-state index contributed by atoms with van der Waals surface area (Å²) in [4.78, 5) is 10.6. The van der Waals surface area contributed by atoms with E-state index in [1.165, 1.54) is 0 Å². The molecule has 0 radical (unpaired) electrons. The number of fused-ring (bicyclic) bond motifs is 1. The Morgan fingerprint density at radius 3 is 3.33 bits per heavy atom. The fourth-order valence-corrected chi connectivity index (χ4v) is 1.45. The molecule has 1 aliphatic heterocycles. The molecule has 2 heterocycles. The van der Waals surface area contributed by atoms with Gasteiger partial charge in [0.2, 0.25) is 0 Å². The molecule has 0 aliphatic carbocycles. The van der Waals surface area contributed by atoms with Crippen molar-refractivity contribution < 1.29 is 9.90 Å². The van der Waals surface area contributed by atoms with Gasteiger partial charge in [-0.1, -0.05) is 0 Å². The van der Waals surface area contributed by atoms with Gasteiger partial charge in [-0.15, -0.1) is 10.2 Å². The van der Waals surface area contributed by atoms with E-state index in [9.17, 15) is 4.79 Å². The highest BCUT2D eigenvalue weighted by atomic mass is 16.4. The van der Waals surface area contributed by atoms with Gasteiger partial charge in [0.15, 0.2) is 0 Å². The maximum atomic E-state index is 10.6. The number of aryl methyl sites for hydroxylation is 1. The Balaban J connectivity index is 2.20.